The van der Waals surface area contributed by atoms with Crippen molar-refractivity contribution in [3.8, 4) is 0 Å². The number of carbonyl (C=O) groups excluding carboxylic acids is 2. The van der Waals surface area contributed by atoms with Crippen molar-refractivity contribution < 1.29 is 18.0 Å². The van der Waals surface area contributed by atoms with Crippen molar-refractivity contribution in [2.45, 2.75) is 18.4 Å². The number of amides is 2. The lowest BCUT2D eigenvalue weighted by molar-refractivity contribution is -0.122. The third kappa shape index (κ3) is 4.71. The lowest BCUT2D eigenvalue weighted by atomic mass is 10.2. The molecule has 1 aliphatic heterocycles. The second-order valence-corrected chi connectivity index (χ2v) is 9.42. The van der Waals surface area contributed by atoms with Crippen LogP contribution in [0.4, 0.5) is 5.82 Å². The van der Waals surface area contributed by atoms with Crippen LogP contribution < -0.4 is 10.6 Å². The van der Waals surface area contributed by atoms with Gasteiger partial charge >= 0.3 is 0 Å². The molecule has 0 unspecified atom stereocenters. The first-order chi connectivity index (χ1) is 15.3. The first kappa shape index (κ1) is 21.7. The Morgan fingerprint density at radius 3 is 2.66 bits per heavy atom. The molecule has 0 radical (unpaired) electrons. The molecule has 1 fully saturated rings. The van der Waals surface area contributed by atoms with Crippen LogP contribution >= 0.6 is 0 Å². The monoisotopic (exact) mass is 453 g/mol. The number of rotatable bonds is 6. The largest absolute Gasteiger partial charge is 0.354 e. The van der Waals surface area contributed by atoms with Crippen molar-refractivity contribution >= 4 is 27.7 Å². The fourth-order valence-corrected chi connectivity index (χ4v) is 4.92. The van der Waals surface area contributed by atoms with E-state index in [1.807, 2.05) is 37.3 Å². The van der Waals surface area contributed by atoms with Gasteiger partial charge in [-0.15, -0.1) is 0 Å². The molecule has 10 heteroatoms. The van der Waals surface area contributed by atoms with E-state index in [0.717, 1.165) is 15.6 Å². The van der Waals surface area contributed by atoms with Crippen LogP contribution in [-0.4, -0.2) is 54.0 Å². The van der Waals surface area contributed by atoms with Crippen LogP contribution in [0, 0.1) is 6.92 Å². The highest BCUT2D eigenvalue weighted by Crippen LogP contribution is 2.20. The summed E-state index contributed by atoms with van der Waals surface area (Å²) in [7, 11) is -3.89. The number of nitrogens with zero attached hydrogens (tertiary/aromatic N) is 3. The average Bonchev–Trinajstić information content (AvgIpc) is 3.12. The molecule has 4 rings (SSSR count). The molecule has 2 N–H and O–H groups in total. The molecular formula is C22H23N5O4S. The zero-order valence-electron chi connectivity index (χ0n) is 17.5. The summed E-state index contributed by atoms with van der Waals surface area (Å²) >= 11 is 0. The van der Waals surface area contributed by atoms with E-state index in [2.05, 4.69) is 15.7 Å². The Morgan fingerprint density at radius 2 is 1.91 bits per heavy atom. The molecule has 1 saturated heterocycles. The van der Waals surface area contributed by atoms with Gasteiger partial charge in [0, 0.05) is 24.7 Å². The van der Waals surface area contributed by atoms with E-state index in [1.165, 1.54) is 18.2 Å². The van der Waals surface area contributed by atoms with Crippen molar-refractivity contribution in [3.63, 3.8) is 0 Å². The molecular weight excluding hydrogens is 430 g/mol. The number of aryl methyl sites for hydroxylation is 1. The number of anilines is 1. The molecule has 2 amide bonds. The molecule has 0 aliphatic carbocycles. The zero-order chi connectivity index (χ0) is 22.7. The second-order valence-electron chi connectivity index (χ2n) is 7.48. The highest BCUT2D eigenvalue weighted by Gasteiger charge is 2.29. The molecule has 0 spiro atoms. The second kappa shape index (κ2) is 8.93. The van der Waals surface area contributed by atoms with Crippen LogP contribution in [0.2, 0.25) is 0 Å². The Hall–Kier alpha value is -3.50. The number of hydrogen-bond acceptors (Lipinski definition) is 5. The van der Waals surface area contributed by atoms with E-state index in [1.54, 1.807) is 16.8 Å². The van der Waals surface area contributed by atoms with Crippen LogP contribution in [0.5, 0.6) is 0 Å². The highest BCUT2D eigenvalue weighted by atomic mass is 32.2. The van der Waals surface area contributed by atoms with Gasteiger partial charge in [-0.1, -0.05) is 36.4 Å². The molecule has 2 heterocycles. The fraction of sp³-hybridized carbons (Fsp3) is 0.227. The quantitative estimate of drug-likeness (QED) is 0.589. The standard InChI is InChI=1S/C22H23N5O4S/c1-16-12-20(27(25-16)14-17-6-3-2-4-7-17)24-22(29)18-8-5-9-19(13-18)32(30,31)26-11-10-23-21(28)15-26/h2-9,12-13H,10-11,14-15H2,1H3,(H,23,28)(H,24,29). The van der Waals surface area contributed by atoms with Crippen LogP contribution in [-0.2, 0) is 21.4 Å². The van der Waals surface area contributed by atoms with Gasteiger partial charge in [0.05, 0.1) is 23.7 Å². The molecule has 0 atom stereocenters. The van der Waals surface area contributed by atoms with Gasteiger partial charge in [0.15, 0.2) is 0 Å². The predicted octanol–water partition coefficient (Wildman–Crippen LogP) is 1.61. The SMILES string of the molecule is Cc1cc(NC(=O)c2cccc(S(=O)(=O)N3CCNC(=O)C3)c2)n(Cc2ccccc2)n1. The lowest BCUT2D eigenvalue weighted by Crippen LogP contribution is -2.49. The van der Waals surface area contributed by atoms with Crippen LogP contribution in [0.25, 0.3) is 0 Å². The minimum Gasteiger partial charge on any atom is -0.354 e. The maximum atomic E-state index is 12.9. The number of benzene rings is 2. The first-order valence-corrected chi connectivity index (χ1v) is 11.5. The summed E-state index contributed by atoms with van der Waals surface area (Å²) in [5, 5.41) is 9.86. The third-order valence-corrected chi connectivity index (χ3v) is 6.90. The van der Waals surface area contributed by atoms with E-state index in [4.69, 9.17) is 0 Å². The van der Waals surface area contributed by atoms with Crippen molar-refractivity contribution in [2.75, 3.05) is 25.0 Å². The van der Waals surface area contributed by atoms with Crippen molar-refractivity contribution in [3.05, 3.63) is 77.5 Å². The van der Waals surface area contributed by atoms with Gasteiger partial charge in [-0.05, 0) is 30.7 Å². The van der Waals surface area contributed by atoms with E-state index in [-0.39, 0.29) is 36.0 Å². The Bertz CT molecular complexity index is 1250. The van der Waals surface area contributed by atoms with Gasteiger partial charge < -0.3 is 10.6 Å². The lowest BCUT2D eigenvalue weighted by Gasteiger charge is -2.26. The number of piperazine rings is 1. The summed E-state index contributed by atoms with van der Waals surface area (Å²) in [6.45, 7) is 2.51. The Labute approximate surface area is 186 Å². The minimum absolute atomic E-state index is 0.0335. The molecule has 3 aromatic rings. The molecule has 0 bridgehead atoms. The van der Waals surface area contributed by atoms with E-state index >= 15 is 0 Å². The summed E-state index contributed by atoms with van der Waals surface area (Å²) in [4.78, 5) is 24.5. The molecule has 32 heavy (non-hydrogen) atoms. The van der Waals surface area contributed by atoms with Crippen LogP contribution in [0.15, 0.2) is 65.6 Å². The summed E-state index contributed by atoms with van der Waals surface area (Å²) in [6, 6.07) is 17.3. The third-order valence-electron chi connectivity index (χ3n) is 5.06. The maximum Gasteiger partial charge on any atom is 0.256 e. The summed E-state index contributed by atoms with van der Waals surface area (Å²) in [6.07, 6.45) is 0. The number of sulfonamides is 1. The molecule has 0 saturated carbocycles. The Kier molecular flexibility index (Phi) is 6.06. The van der Waals surface area contributed by atoms with E-state index in [0.29, 0.717) is 12.4 Å². The van der Waals surface area contributed by atoms with Crippen LogP contribution in [0.1, 0.15) is 21.6 Å². The number of carbonyl (C=O) groups is 2. The molecule has 1 aromatic heterocycles. The smallest absolute Gasteiger partial charge is 0.256 e. The molecule has 166 valence electrons. The number of nitrogens with one attached hydrogen (secondary N) is 2. The normalized spacial score (nSPS) is 14.7. The van der Waals surface area contributed by atoms with Gasteiger partial charge in [0.1, 0.15) is 5.82 Å². The van der Waals surface area contributed by atoms with Gasteiger partial charge in [0.2, 0.25) is 15.9 Å². The predicted molar refractivity (Wildman–Crippen MR) is 119 cm³/mol. The van der Waals surface area contributed by atoms with Gasteiger partial charge in [-0.3, -0.25) is 9.59 Å². The van der Waals surface area contributed by atoms with Crippen molar-refractivity contribution in [1.82, 2.24) is 19.4 Å². The summed E-state index contributed by atoms with van der Waals surface area (Å²) in [5.74, 6) is -0.291. The van der Waals surface area contributed by atoms with Crippen LogP contribution in [0.3, 0.4) is 0 Å². The van der Waals surface area contributed by atoms with Gasteiger partial charge in [0.25, 0.3) is 5.91 Å². The topological polar surface area (TPSA) is 113 Å². The van der Waals surface area contributed by atoms with E-state index in [9.17, 15) is 18.0 Å². The molecule has 9 nitrogen and oxygen atoms in total. The van der Waals surface area contributed by atoms with Crippen molar-refractivity contribution in [1.29, 1.82) is 0 Å². The first-order valence-electron chi connectivity index (χ1n) is 10.1. The summed E-state index contributed by atoms with van der Waals surface area (Å²) < 4.78 is 28.7. The summed E-state index contributed by atoms with van der Waals surface area (Å²) in [5.41, 5.74) is 1.97. The van der Waals surface area contributed by atoms with E-state index < -0.39 is 15.9 Å². The number of hydrogen-bond donors (Lipinski definition) is 2. The highest BCUT2D eigenvalue weighted by molar-refractivity contribution is 7.89. The fourth-order valence-electron chi connectivity index (χ4n) is 3.48. The Morgan fingerprint density at radius 1 is 1.12 bits per heavy atom. The van der Waals surface area contributed by atoms with Gasteiger partial charge in [-0.25, -0.2) is 13.1 Å². The number of aromatic nitrogens is 2. The van der Waals surface area contributed by atoms with Gasteiger partial charge in [-0.2, -0.15) is 9.40 Å². The minimum atomic E-state index is -3.89. The maximum absolute atomic E-state index is 12.9. The molecule has 1 aliphatic rings. The average molecular weight is 454 g/mol. The zero-order valence-corrected chi connectivity index (χ0v) is 18.3. The van der Waals surface area contributed by atoms with Crippen molar-refractivity contribution in [2.24, 2.45) is 0 Å². The Balaban J connectivity index is 1.55. The molecule has 2 aromatic carbocycles.